The molecule has 1 aromatic heterocycles. The Morgan fingerprint density at radius 1 is 1.50 bits per heavy atom. The Hall–Kier alpha value is 0.700. The third-order valence-corrected chi connectivity index (χ3v) is 2.13. The van der Waals surface area contributed by atoms with E-state index in [-0.39, 0.29) is 29.6 Å². The molecule has 0 aromatic carbocycles. The smallest absolute Gasteiger partial charge is 0 e. The van der Waals surface area contributed by atoms with E-state index in [0.29, 0.717) is 0 Å². The van der Waals surface area contributed by atoms with Crippen LogP contribution in [0.3, 0.4) is 0 Å². The summed E-state index contributed by atoms with van der Waals surface area (Å²) < 4.78 is 0. The van der Waals surface area contributed by atoms with Crippen molar-refractivity contribution < 1.29 is 0 Å². The SMILES string of the molecule is CCCCc1ccsc1.[Na]. The van der Waals surface area contributed by atoms with Crippen LogP contribution < -0.4 is 0 Å². The van der Waals surface area contributed by atoms with Gasteiger partial charge in [0.2, 0.25) is 0 Å². The average Bonchev–Trinajstić information content (AvgIpc) is 2.34. The van der Waals surface area contributed by atoms with Gasteiger partial charge in [-0.2, -0.15) is 11.3 Å². The Labute approximate surface area is 88.9 Å². The van der Waals surface area contributed by atoms with E-state index in [1.807, 2.05) is 0 Å². The molecule has 1 radical (unpaired) electrons. The number of hydrogen-bond donors (Lipinski definition) is 0. The molecule has 0 spiro atoms. The van der Waals surface area contributed by atoms with Crippen molar-refractivity contribution in [3.05, 3.63) is 22.4 Å². The van der Waals surface area contributed by atoms with E-state index in [4.69, 9.17) is 0 Å². The summed E-state index contributed by atoms with van der Waals surface area (Å²) in [6, 6.07) is 2.21. The van der Waals surface area contributed by atoms with Gasteiger partial charge in [-0.25, -0.2) is 0 Å². The summed E-state index contributed by atoms with van der Waals surface area (Å²) in [5.74, 6) is 0. The molecule has 0 nitrogen and oxygen atoms in total. The molecule has 1 rings (SSSR count). The monoisotopic (exact) mass is 163 g/mol. The molecule has 0 bridgehead atoms. The molecule has 2 heteroatoms. The zero-order valence-electron chi connectivity index (χ0n) is 6.76. The van der Waals surface area contributed by atoms with Crippen molar-refractivity contribution in [2.24, 2.45) is 0 Å². The normalized spacial score (nSPS) is 8.90. The largest absolute Gasteiger partial charge is 0.152 e. The minimum Gasteiger partial charge on any atom is -0.152 e. The fourth-order valence-electron chi connectivity index (χ4n) is 0.816. The second kappa shape index (κ2) is 6.41. The van der Waals surface area contributed by atoms with Crippen LogP contribution in [0, 0.1) is 0 Å². The second-order valence-corrected chi connectivity index (χ2v) is 3.02. The molecular formula is C8H12NaS. The van der Waals surface area contributed by atoms with Gasteiger partial charge in [-0.1, -0.05) is 13.3 Å². The molecule has 0 amide bonds. The van der Waals surface area contributed by atoms with Crippen LogP contribution in [-0.4, -0.2) is 29.6 Å². The number of thiophene rings is 1. The van der Waals surface area contributed by atoms with E-state index in [1.165, 1.54) is 24.8 Å². The van der Waals surface area contributed by atoms with Crippen LogP contribution in [0.15, 0.2) is 16.8 Å². The van der Waals surface area contributed by atoms with E-state index in [2.05, 4.69) is 23.8 Å². The van der Waals surface area contributed by atoms with Gasteiger partial charge in [-0.3, -0.25) is 0 Å². The van der Waals surface area contributed by atoms with Crippen molar-refractivity contribution in [1.82, 2.24) is 0 Å². The van der Waals surface area contributed by atoms with Gasteiger partial charge in [0.1, 0.15) is 0 Å². The summed E-state index contributed by atoms with van der Waals surface area (Å²) in [6.07, 6.45) is 3.90. The van der Waals surface area contributed by atoms with Gasteiger partial charge in [0, 0.05) is 29.6 Å². The zero-order chi connectivity index (χ0) is 6.53. The van der Waals surface area contributed by atoms with Crippen molar-refractivity contribution >= 4 is 40.9 Å². The average molecular weight is 163 g/mol. The van der Waals surface area contributed by atoms with E-state index >= 15 is 0 Å². The number of rotatable bonds is 3. The Bertz CT molecular complexity index is 146. The minimum absolute atomic E-state index is 0. The van der Waals surface area contributed by atoms with Crippen LogP contribution in [0.1, 0.15) is 25.3 Å². The summed E-state index contributed by atoms with van der Waals surface area (Å²) in [6.45, 7) is 2.23. The minimum atomic E-state index is 0. The number of unbranched alkanes of at least 4 members (excludes halogenated alkanes) is 1. The fraction of sp³-hybridized carbons (Fsp3) is 0.500. The molecule has 0 fully saturated rings. The van der Waals surface area contributed by atoms with Crippen LogP contribution in [0.5, 0.6) is 0 Å². The van der Waals surface area contributed by atoms with Crippen LogP contribution in [-0.2, 0) is 6.42 Å². The van der Waals surface area contributed by atoms with Crippen molar-refractivity contribution in [2.75, 3.05) is 0 Å². The van der Waals surface area contributed by atoms with Crippen LogP contribution in [0.4, 0.5) is 0 Å². The Balaban J connectivity index is 0.000000810. The second-order valence-electron chi connectivity index (χ2n) is 2.24. The first kappa shape index (κ1) is 10.7. The third-order valence-electron chi connectivity index (χ3n) is 1.40. The van der Waals surface area contributed by atoms with E-state index in [9.17, 15) is 0 Å². The molecule has 0 unspecified atom stereocenters. The van der Waals surface area contributed by atoms with Gasteiger partial charge in [0.15, 0.2) is 0 Å². The van der Waals surface area contributed by atoms with Gasteiger partial charge < -0.3 is 0 Å². The van der Waals surface area contributed by atoms with Crippen LogP contribution in [0.2, 0.25) is 0 Å². The number of hydrogen-bond acceptors (Lipinski definition) is 1. The summed E-state index contributed by atoms with van der Waals surface area (Å²) in [5.41, 5.74) is 1.50. The first-order valence-electron chi connectivity index (χ1n) is 3.44. The Morgan fingerprint density at radius 3 is 2.80 bits per heavy atom. The quantitative estimate of drug-likeness (QED) is 0.601. The standard InChI is InChI=1S/C8H12S.Na/c1-2-3-4-8-5-6-9-7-8;/h5-7H,2-4H2,1H3;. The topological polar surface area (TPSA) is 0 Å². The molecule has 0 aliphatic carbocycles. The summed E-state index contributed by atoms with van der Waals surface area (Å²) in [5, 5.41) is 4.38. The fourth-order valence-corrected chi connectivity index (χ4v) is 1.52. The molecule has 1 heterocycles. The van der Waals surface area contributed by atoms with E-state index in [1.54, 1.807) is 11.3 Å². The van der Waals surface area contributed by atoms with Crippen molar-refractivity contribution in [1.29, 1.82) is 0 Å². The summed E-state index contributed by atoms with van der Waals surface area (Å²) in [4.78, 5) is 0. The maximum Gasteiger partial charge on any atom is 0 e. The molecule has 0 N–H and O–H groups in total. The van der Waals surface area contributed by atoms with Gasteiger partial charge in [-0.05, 0) is 35.2 Å². The van der Waals surface area contributed by atoms with Crippen molar-refractivity contribution in [3.8, 4) is 0 Å². The Kier molecular flexibility index (Phi) is 6.86. The van der Waals surface area contributed by atoms with E-state index < -0.39 is 0 Å². The molecule has 10 heavy (non-hydrogen) atoms. The maximum absolute atomic E-state index is 2.23. The van der Waals surface area contributed by atoms with Crippen LogP contribution >= 0.6 is 11.3 Å². The summed E-state index contributed by atoms with van der Waals surface area (Å²) in [7, 11) is 0. The molecule has 51 valence electrons. The first-order valence-corrected chi connectivity index (χ1v) is 4.39. The molecule has 0 aliphatic heterocycles. The maximum atomic E-state index is 2.23. The van der Waals surface area contributed by atoms with Crippen molar-refractivity contribution in [3.63, 3.8) is 0 Å². The van der Waals surface area contributed by atoms with Gasteiger partial charge >= 0.3 is 0 Å². The molecule has 0 saturated carbocycles. The predicted molar refractivity (Wildman–Crippen MR) is 48.7 cm³/mol. The molecule has 0 atom stereocenters. The van der Waals surface area contributed by atoms with Crippen molar-refractivity contribution in [2.45, 2.75) is 26.2 Å². The first-order chi connectivity index (χ1) is 4.43. The molecule has 1 aromatic rings. The van der Waals surface area contributed by atoms with Gasteiger partial charge in [0.05, 0.1) is 0 Å². The predicted octanol–water partition coefficient (Wildman–Crippen LogP) is 2.71. The Morgan fingerprint density at radius 2 is 2.30 bits per heavy atom. The molecule has 0 aliphatic rings. The third kappa shape index (κ3) is 3.77. The summed E-state index contributed by atoms with van der Waals surface area (Å²) >= 11 is 1.79. The van der Waals surface area contributed by atoms with E-state index in [0.717, 1.165) is 0 Å². The molecular weight excluding hydrogens is 151 g/mol. The van der Waals surface area contributed by atoms with Crippen LogP contribution in [0.25, 0.3) is 0 Å². The van der Waals surface area contributed by atoms with Gasteiger partial charge in [0.25, 0.3) is 0 Å². The zero-order valence-corrected chi connectivity index (χ0v) is 9.58. The number of aryl methyl sites for hydroxylation is 1. The van der Waals surface area contributed by atoms with Gasteiger partial charge in [-0.15, -0.1) is 0 Å². The molecule has 0 saturated heterocycles.